The summed E-state index contributed by atoms with van der Waals surface area (Å²) in [7, 11) is 0. The van der Waals surface area contributed by atoms with Gasteiger partial charge in [0.1, 0.15) is 0 Å². The third kappa shape index (κ3) is 4.98. The van der Waals surface area contributed by atoms with Crippen LogP contribution < -0.4 is 10.2 Å². The highest BCUT2D eigenvalue weighted by Crippen LogP contribution is 2.18. The minimum absolute atomic E-state index is 0.0260. The molecule has 2 aromatic heterocycles. The molecule has 0 aliphatic heterocycles. The van der Waals surface area contributed by atoms with Gasteiger partial charge in [0, 0.05) is 24.1 Å². The highest BCUT2D eigenvalue weighted by molar-refractivity contribution is 6.05. The van der Waals surface area contributed by atoms with Crippen LogP contribution in [0.25, 0.3) is 5.82 Å². The minimum Gasteiger partial charge on any atom is -0.322 e. The summed E-state index contributed by atoms with van der Waals surface area (Å²) in [4.78, 5) is 31.6. The molecule has 2 amide bonds. The van der Waals surface area contributed by atoms with Crippen molar-refractivity contribution in [2.45, 2.75) is 20.3 Å². The summed E-state index contributed by atoms with van der Waals surface area (Å²) in [6.07, 6.45) is 3.50. The van der Waals surface area contributed by atoms with E-state index in [1.807, 2.05) is 74.5 Å². The molecule has 0 unspecified atom stereocenters. The lowest BCUT2D eigenvalue weighted by molar-refractivity contribution is -0.117. The quantitative estimate of drug-likeness (QED) is 0.462. The van der Waals surface area contributed by atoms with Crippen LogP contribution in [0.5, 0.6) is 0 Å². The number of hydrogen-bond acceptors (Lipinski definition) is 4. The van der Waals surface area contributed by atoms with Crippen LogP contribution in [0.2, 0.25) is 0 Å². The maximum atomic E-state index is 12.8. The topological polar surface area (TPSA) is 80.1 Å². The second kappa shape index (κ2) is 9.91. The van der Waals surface area contributed by atoms with E-state index in [0.29, 0.717) is 29.3 Å². The van der Waals surface area contributed by atoms with Crippen molar-refractivity contribution in [1.82, 2.24) is 14.8 Å². The summed E-state index contributed by atoms with van der Waals surface area (Å²) in [6, 6.07) is 22.5. The molecule has 0 radical (unpaired) electrons. The van der Waals surface area contributed by atoms with E-state index in [1.54, 1.807) is 27.9 Å². The molecule has 0 spiro atoms. The van der Waals surface area contributed by atoms with E-state index in [4.69, 9.17) is 0 Å². The molecule has 33 heavy (non-hydrogen) atoms. The Morgan fingerprint density at radius 1 is 0.970 bits per heavy atom. The van der Waals surface area contributed by atoms with Gasteiger partial charge in [0.25, 0.3) is 5.91 Å². The van der Waals surface area contributed by atoms with E-state index in [0.717, 1.165) is 11.3 Å². The summed E-state index contributed by atoms with van der Waals surface area (Å²) in [5, 5.41) is 7.19. The zero-order valence-electron chi connectivity index (χ0n) is 18.6. The first-order chi connectivity index (χ1) is 16.1. The number of anilines is 2. The van der Waals surface area contributed by atoms with Gasteiger partial charge in [0.05, 0.1) is 23.9 Å². The van der Waals surface area contributed by atoms with Crippen molar-refractivity contribution in [2.24, 2.45) is 0 Å². The molecular formula is C26H25N5O2. The van der Waals surface area contributed by atoms with E-state index < -0.39 is 0 Å². The maximum absolute atomic E-state index is 12.8. The SMILES string of the molecule is CCN(C(=O)Cc1ccc(NC(=O)c2cnn(-c3ccccn3)c2C)cc1)c1ccccc1. The van der Waals surface area contributed by atoms with Crippen molar-refractivity contribution in [3.8, 4) is 5.82 Å². The number of amides is 2. The normalized spacial score (nSPS) is 10.6. The van der Waals surface area contributed by atoms with Crippen LogP contribution in [0.15, 0.2) is 85.2 Å². The largest absolute Gasteiger partial charge is 0.322 e. The molecule has 1 N–H and O–H groups in total. The van der Waals surface area contributed by atoms with Gasteiger partial charge in [-0.25, -0.2) is 9.67 Å². The lowest BCUT2D eigenvalue weighted by Gasteiger charge is -2.21. The van der Waals surface area contributed by atoms with Gasteiger partial charge in [-0.15, -0.1) is 0 Å². The van der Waals surface area contributed by atoms with E-state index in [9.17, 15) is 9.59 Å². The van der Waals surface area contributed by atoms with Gasteiger partial charge in [0.2, 0.25) is 5.91 Å². The fraction of sp³-hybridized carbons (Fsp3) is 0.154. The number of carbonyl (C=O) groups excluding carboxylic acids is 2. The number of nitrogens with one attached hydrogen (secondary N) is 1. The summed E-state index contributed by atoms with van der Waals surface area (Å²) in [5.41, 5.74) is 3.59. The summed E-state index contributed by atoms with van der Waals surface area (Å²) in [6.45, 7) is 4.39. The zero-order chi connectivity index (χ0) is 23.2. The van der Waals surface area contributed by atoms with E-state index in [1.165, 1.54) is 6.20 Å². The number of rotatable bonds is 7. The highest BCUT2D eigenvalue weighted by Gasteiger charge is 2.17. The first-order valence-electron chi connectivity index (χ1n) is 10.8. The molecule has 4 aromatic rings. The fourth-order valence-electron chi connectivity index (χ4n) is 3.63. The first-order valence-corrected chi connectivity index (χ1v) is 10.8. The van der Waals surface area contributed by atoms with Crippen LogP contribution in [0.3, 0.4) is 0 Å². The number of carbonyl (C=O) groups is 2. The van der Waals surface area contributed by atoms with Crippen LogP contribution in [-0.4, -0.2) is 33.1 Å². The predicted octanol–water partition coefficient (Wildman–Crippen LogP) is 4.42. The van der Waals surface area contributed by atoms with E-state index in [2.05, 4.69) is 15.4 Å². The fourth-order valence-corrected chi connectivity index (χ4v) is 3.63. The summed E-state index contributed by atoms with van der Waals surface area (Å²) in [5.74, 6) is 0.428. The molecule has 2 heterocycles. The van der Waals surface area contributed by atoms with Gasteiger partial charge in [0.15, 0.2) is 5.82 Å². The van der Waals surface area contributed by atoms with E-state index in [-0.39, 0.29) is 18.2 Å². The molecule has 2 aromatic carbocycles. The van der Waals surface area contributed by atoms with Crippen LogP contribution in [0.1, 0.15) is 28.5 Å². The van der Waals surface area contributed by atoms with Crippen LogP contribution in [-0.2, 0) is 11.2 Å². The third-order valence-corrected chi connectivity index (χ3v) is 5.37. The smallest absolute Gasteiger partial charge is 0.259 e. The van der Waals surface area contributed by atoms with Gasteiger partial charge in [-0.3, -0.25) is 9.59 Å². The van der Waals surface area contributed by atoms with Crippen molar-refractivity contribution in [3.63, 3.8) is 0 Å². The Morgan fingerprint density at radius 2 is 1.70 bits per heavy atom. The van der Waals surface area contributed by atoms with Crippen molar-refractivity contribution in [1.29, 1.82) is 0 Å². The molecule has 0 saturated heterocycles. The summed E-state index contributed by atoms with van der Waals surface area (Å²) < 4.78 is 1.63. The van der Waals surface area contributed by atoms with Gasteiger partial charge < -0.3 is 10.2 Å². The Labute approximate surface area is 192 Å². The zero-order valence-corrected chi connectivity index (χ0v) is 18.6. The highest BCUT2D eigenvalue weighted by atomic mass is 16.2. The number of nitrogens with zero attached hydrogens (tertiary/aromatic N) is 4. The average Bonchev–Trinajstić information content (AvgIpc) is 3.23. The number of aromatic nitrogens is 3. The number of para-hydroxylation sites is 1. The van der Waals surface area contributed by atoms with Crippen molar-refractivity contribution >= 4 is 23.2 Å². The van der Waals surface area contributed by atoms with Gasteiger partial charge in [-0.2, -0.15) is 5.10 Å². The van der Waals surface area contributed by atoms with Gasteiger partial charge >= 0.3 is 0 Å². The first kappa shape index (κ1) is 22.0. The van der Waals surface area contributed by atoms with Crippen LogP contribution >= 0.6 is 0 Å². The minimum atomic E-state index is -0.250. The Kier molecular flexibility index (Phi) is 6.59. The number of benzene rings is 2. The molecule has 0 atom stereocenters. The Balaban J connectivity index is 1.41. The third-order valence-electron chi connectivity index (χ3n) is 5.37. The lowest BCUT2D eigenvalue weighted by Crippen LogP contribution is -2.31. The second-order valence-electron chi connectivity index (χ2n) is 7.54. The number of pyridine rings is 1. The molecule has 0 bridgehead atoms. The molecule has 166 valence electrons. The lowest BCUT2D eigenvalue weighted by atomic mass is 10.1. The monoisotopic (exact) mass is 439 g/mol. The molecule has 0 saturated carbocycles. The molecule has 0 aliphatic rings. The van der Waals surface area contributed by atoms with Crippen LogP contribution in [0, 0.1) is 6.92 Å². The Hall–Kier alpha value is -4.26. The Bertz CT molecular complexity index is 1230. The van der Waals surface area contributed by atoms with Crippen LogP contribution in [0.4, 0.5) is 11.4 Å². The average molecular weight is 440 g/mol. The number of likely N-dealkylation sites (N-methyl/N-ethyl adjacent to an activating group) is 1. The van der Waals surface area contributed by atoms with Crippen molar-refractivity contribution < 1.29 is 9.59 Å². The molecule has 7 nitrogen and oxygen atoms in total. The van der Waals surface area contributed by atoms with E-state index >= 15 is 0 Å². The second-order valence-corrected chi connectivity index (χ2v) is 7.54. The molecule has 4 rings (SSSR count). The Morgan fingerprint density at radius 3 is 2.36 bits per heavy atom. The molecule has 0 aliphatic carbocycles. The standard InChI is InChI=1S/C26H25N5O2/c1-3-30(22-9-5-4-6-10-22)25(32)17-20-12-14-21(15-13-20)29-26(33)23-18-28-31(19(23)2)24-11-7-8-16-27-24/h4-16,18H,3,17H2,1-2H3,(H,29,33). The van der Waals surface area contributed by atoms with Gasteiger partial charge in [-0.1, -0.05) is 36.4 Å². The molecule has 0 fully saturated rings. The van der Waals surface area contributed by atoms with Crippen molar-refractivity contribution in [2.75, 3.05) is 16.8 Å². The number of hydrogen-bond donors (Lipinski definition) is 1. The molecular weight excluding hydrogens is 414 g/mol. The predicted molar refractivity (Wildman–Crippen MR) is 129 cm³/mol. The van der Waals surface area contributed by atoms with Crippen molar-refractivity contribution in [3.05, 3.63) is 102 Å². The summed E-state index contributed by atoms with van der Waals surface area (Å²) >= 11 is 0. The molecule has 7 heteroatoms. The maximum Gasteiger partial charge on any atom is 0.259 e. The van der Waals surface area contributed by atoms with Gasteiger partial charge in [-0.05, 0) is 55.8 Å².